The molecule has 0 saturated heterocycles. The molecule has 0 aliphatic heterocycles. The topological polar surface area (TPSA) is 38.9 Å². The Balaban J connectivity index is 2.09. The van der Waals surface area contributed by atoms with Crippen LogP contribution in [0.2, 0.25) is 0 Å². The molecular formula is C14H21BrN2. The SMILES string of the molecule is CCC1CCCC(C(N)c2ncccc2Br)C1. The smallest absolute Gasteiger partial charge is 0.0715 e. The van der Waals surface area contributed by atoms with E-state index in [1.54, 1.807) is 0 Å². The molecule has 0 spiro atoms. The van der Waals surface area contributed by atoms with Gasteiger partial charge in [-0.2, -0.15) is 0 Å². The van der Waals surface area contributed by atoms with E-state index in [0.717, 1.165) is 16.1 Å². The van der Waals surface area contributed by atoms with Gasteiger partial charge in [-0.25, -0.2) is 0 Å². The highest BCUT2D eigenvalue weighted by atomic mass is 79.9. The molecule has 1 aromatic heterocycles. The minimum Gasteiger partial charge on any atom is -0.322 e. The normalized spacial score (nSPS) is 26.8. The second-order valence-electron chi connectivity index (χ2n) is 5.10. The van der Waals surface area contributed by atoms with Gasteiger partial charge in [0.15, 0.2) is 0 Å². The van der Waals surface area contributed by atoms with Crippen molar-refractivity contribution >= 4 is 15.9 Å². The lowest BCUT2D eigenvalue weighted by molar-refractivity contribution is 0.228. The summed E-state index contributed by atoms with van der Waals surface area (Å²) in [6.45, 7) is 2.29. The van der Waals surface area contributed by atoms with Crippen molar-refractivity contribution in [3.63, 3.8) is 0 Å². The van der Waals surface area contributed by atoms with Crippen LogP contribution in [-0.4, -0.2) is 4.98 Å². The van der Waals surface area contributed by atoms with Gasteiger partial charge in [-0.15, -0.1) is 0 Å². The summed E-state index contributed by atoms with van der Waals surface area (Å²) in [5, 5.41) is 0. The highest BCUT2D eigenvalue weighted by Crippen LogP contribution is 2.38. The fraction of sp³-hybridized carbons (Fsp3) is 0.643. The molecule has 3 heteroatoms. The zero-order valence-electron chi connectivity index (χ0n) is 10.4. The Morgan fingerprint density at radius 3 is 3.06 bits per heavy atom. The molecule has 0 aromatic carbocycles. The first-order valence-electron chi connectivity index (χ1n) is 6.58. The molecule has 2 nitrogen and oxygen atoms in total. The summed E-state index contributed by atoms with van der Waals surface area (Å²) in [6.07, 6.45) is 8.33. The third-order valence-electron chi connectivity index (χ3n) is 4.01. The summed E-state index contributed by atoms with van der Waals surface area (Å²) in [7, 11) is 0. The van der Waals surface area contributed by atoms with Gasteiger partial charge in [-0.3, -0.25) is 4.98 Å². The summed E-state index contributed by atoms with van der Waals surface area (Å²) >= 11 is 3.55. The second-order valence-corrected chi connectivity index (χ2v) is 5.95. The summed E-state index contributed by atoms with van der Waals surface area (Å²) in [5.74, 6) is 1.46. The van der Waals surface area contributed by atoms with E-state index in [1.165, 1.54) is 32.1 Å². The van der Waals surface area contributed by atoms with Crippen molar-refractivity contribution < 1.29 is 0 Å². The van der Waals surface area contributed by atoms with Gasteiger partial charge in [-0.05, 0) is 52.7 Å². The van der Waals surface area contributed by atoms with Crippen LogP contribution in [0.4, 0.5) is 0 Å². The van der Waals surface area contributed by atoms with Crippen LogP contribution in [0, 0.1) is 11.8 Å². The molecule has 3 unspecified atom stereocenters. The molecule has 1 aliphatic carbocycles. The monoisotopic (exact) mass is 296 g/mol. The minimum absolute atomic E-state index is 0.0833. The van der Waals surface area contributed by atoms with Crippen LogP contribution >= 0.6 is 15.9 Å². The Hall–Kier alpha value is -0.410. The maximum atomic E-state index is 6.39. The van der Waals surface area contributed by atoms with Gasteiger partial charge in [0.05, 0.1) is 11.7 Å². The van der Waals surface area contributed by atoms with Gasteiger partial charge in [0.2, 0.25) is 0 Å². The lowest BCUT2D eigenvalue weighted by Crippen LogP contribution is -2.27. The van der Waals surface area contributed by atoms with Crippen LogP contribution in [0.25, 0.3) is 0 Å². The maximum Gasteiger partial charge on any atom is 0.0715 e. The van der Waals surface area contributed by atoms with Crippen molar-refractivity contribution in [3.8, 4) is 0 Å². The van der Waals surface area contributed by atoms with Gasteiger partial charge >= 0.3 is 0 Å². The quantitative estimate of drug-likeness (QED) is 0.913. The molecule has 3 atom stereocenters. The number of nitrogens with zero attached hydrogens (tertiary/aromatic N) is 1. The molecular weight excluding hydrogens is 276 g/mol. The van der Waals surface area contributed by atoms with Crippen molar-refractivity contribution in [1.29, 1.82) is 0 Å². The molecule has 94 valence electrons. The molecule has 0 bridgehead atoms. The Kier molecular flexibility index (Phi) is 4.57. The van der Waals surface area contributed by atoms with Gasteiger partial charge in [0.1, 0.15) is 0 Å². The van der Waals surface area contributed by atoms with Crippen LogP contribution in [0.15, 0.2) is 22.8 Å². The van der Waals surface area contributed by atoms with Gasteiger partial charge < -0.3 is 5.73 Å². The van der Waals surface area contributed by atoms with Crippen LogP contribution in [0.5, 0.6) is 0 Å². The zero-order chi connectivity index (χ0) is 12.3. The standard InChI is InChI=1S/C14H21BrN2/c1-2-10-5-3-6-11(9-10)13(16)14-12(15)7-4-8-17-14/h4,7-8,10-11,13H,2-3,5-6,9,16H2,1H3. The molecule has 2 rings (SSSR count). The van der Waals surface area contributed by atoms with Gasteiger partial charge in [0, 0.05) is 10.7 Å². The van der Waals surface area contributed by atoms with E-state index >= 15 is 0 Å². The van der Waals surface area contributed by atoms with Crippen LogP contribution in [0.3, 0.4) is 0 Å². The number of nitrogens with two attached hydrogens (primary N) is 1. The third kappa shape index (κ3) is 3.08. The molecule has 1 aliphatic rings. The number of hydrogen-bond donors (Lipinski definition) is 1. The van der Waals surface area contributed by atoms with Crippen molar-refractivity contribution in [3.05, 3.63) is 28.5 Å². The molecule has 0 radical (unpaired) electrons. The lowest BCUT2D eigenvalue weighted by Gasteiger charge is -2.32. The molecule has 0 amide bonds. The first-order chi connectivity index (χ1) is 8.22. The lowest BCUT2D eigenvalue weighted by atomic mass is 9.76. The Morgan fingerprint density at radius 1 is 1.53 bits per heavy atom. The van der Waals surface area contributed by atoms with Crippen LogP contribution < -0.4 is 5.73 Å². The van der Waals surface area contributed by atoms with Crippen molar-refractivity contribution in [2.24, 2.45) is 17.6 Å². The predicted molar refractivity (Wildman–Crippen MR) is 74.6 cm³/mol. The summed E-state index contributed by atoms with van der Waals surface area (Å²) in [5.41, 5.74) is 7.42. The fourth-order valence-electron chi connectivity index (χ4n) is 2.90. The van der Waals surface area contributed by atoms with E-state index in [0.29, 0.717) is 5.92 Å². The van der Waals surface area contributed by atoms with Crippen LogP contribution in [-0.2, 0) is 0 Å². The minimum atomic E-state index is 0.0833. The maximum absolute atomic E-state index is 6.39. The van der Waals surface area contributed by atoms with Gasteiger partial charge in [0.25, 0.3) is 0 Å². The predicted octanol–water partition coefficient (Wildman–Crippen LogP) is 4.06. The Labute approximate surface area is 112 Å². The summed E-state index contributed by atoms with van der Waals surface area (Å²) < 4.78 is 1.05. The third-order valence-corrected chi connectivity index (χ3v) is 4.68. The molecule has 1 saturated carbocycles. The van der Waals surface area contributed by atoms with E-state index in [2.05, 4.69) is 27.8 Å². The van der Waals surface area contributed by atoms with E-state index < -0.39 is 0 Å². The number of rotatable bonds is 3. The zero-order valence-corrected chi connectivity index (χ0v) is 12.0. The molecule has 1 aromatic rings. The number of hydrogen-bond acceptors (Lipinski definition) is 2. The summed E-state index contributed by atoms with van der Waals surface area (Å²) in [4.78, 5) is 4.43. The molecule has 2 N–H and O–H groups in total. The van der Waals surface area contributed by atoms with E-state index in [1.807, 2.05) is 18.3 Å². The highest BCUT2D eigenvalue weighted by Gasteiger charge is 2.28. The largest absolute Gasteiger partial charge is 0.322 e. The van der Waals surface area contributed by atoms with E-state index in [4.69, 9.17) is 5.73 Å². The van der Waals surface area contributed by atoms with Crippen LogP contribution in [0.1, 0.15) is 50.8 Å². The number of pyridine rings is 1. The van der Waals surface area contributed by atoms with Gasteiger partial charge in [-0.1, -0.05) is 26.2 Å². The van der Waals surface area contributed by atoms with Crippen molar-refractivity contribution in [2.45, 2.75) is 45.1 Å². The Bertz CT molecular complexity index is 367. The average Bonchev–Trinajstić information content (AvgIpc) is 2.38. The second kappa shape index (κ2) is 5.96. The molecule has 17 heavy (non-hydrogen) atoms. The summed E-state index contributed by atoms with van der Waals surface area (Å²) in [6, 6.07) is 4.05. The molecule has 1 heterocycles. The van der Waals surface area contributed by atoms with E-state index in [-0.39, 0.29) is 6.04 Å². The van der Waals surface area contributed by atoms with Crippen molar-refractivity contribution in [1.82, 2.24) is 4.98 Å². The average molecular weight is 297 g/mol. The number of halogens is 1. The number of aromatic nitrogens is 1. The molecule has 1 fully saturated rings. The highest BCUT2D eigenvalue weighted by molar-refractivity contribution is 9.10. The first-order valence-corrected chi connectivity index (χ1v) is 7.37. The van der Waals surface area contributed by atoms with E-state index in [9.17, 15) is 0 Å². The first kappa shape index (κ1) is 13.0. The van der Waals surface area contributed by atoms with Crippen molar-refractivity contribution in [2.75, 3.05) is 0 Å². The fourth-order valence-corrected chi connectivity index (χ4v) is 3.42. The Morgan fingerprint density at radius 2 is 2.35 bits per heavy atom.